The average Bonchev–Trinajstić information content (AvgIpc) is 2.41. The number of nitrogens with two attached hydrogens (primary N) is 1. The Bertz CT molecular complexity index is 654. The van der Waals surface area contributed by atoms with E-state index in [4.69, 9.17) is 5.84 Å². The molecule has 1 heterocycles. The Morgan fingerprint density at radius 2 is 1.81 bits per heavy atom. The van der Waals surface area contributed by atoms with E-state index < -0.39 is 0 Å². The third kappa shape index (κ3) is 3.89. The maximum atomic E-state index is 13.2. The molecule has 0 aliphatic rings. The summed E-state index contributed by atoms with van der Waals surface area (Å²) in [5, 5.41) is 3.12. The van der Waals surface area contributed by atoms with Crippen molar-refractivity contribution >= 4 is 33.3 Å². The van der Waals surface area contributed by atoms with E-state index >= 15 is 0 Å². The van der Waals surface area contributed by atoms with E-state index in [-0.39, 0.29) is 11.2 Å². The summed E-state index contributed by atoms with van der Waals surface area (Å²) in [6, 6.07) is 6.34. The van der Waals surface area contributed by atoms with Gasteiger partial charge in [-0.1, -0.05) is 20.8 Å². The molecule has 112 valence electrons. The number of halogens is 2. The lowest BCUT2D eigenvalue weighted by atomic mass is 9.96. The Morgan fingerprint density at radius 1 is 1.14 bits per heavy atom. The number of hydrazine groups is 1. The molecule has 4 N–H and O–H groups in total. The van der Waals surface area contributed by atoms with Crippen molar-refractivity contribution in [2.45, 2.75) is 26.2 Å². The zero-order valence-electron chi connectivity index (χ0n) is 12.0. The van der Waals surface area contributed by atoms with E-state index in [9.17, 15) is 4.39 Å². The van der Waals surface area contributed by atoms with Crippen LogP contribution in [-0.2, 0) is 5.41 Å². The Kier molecular flexibility index (Phi) is 4.43. The number of hydrogen-bond acceptors (Lipinski definition) is 5. The van der Waals surface area contributed by atoms with Gasteiger partial charge >= 0.3 is 0 Å². The molecule has 5 nitrogen and oxygen atoms in total. The quantitative estimate of drug-likeness (QED) is 0.579. The molecule has 0 atom stereocenters. The molecule has 2 aromatic rings. The third-order valence-corrected chi connectivity index (χ3v) is 3.34. The molecule has 1 aromatic carbocycles. The molecule has 0 radical (unpaired) electrons. The van der Waals surface area contributed by atoms with Crippen LogP contribution in [0.2, 0.25) is 0 Å². The van der Waals surface area contributed by atoms with Crippen LogP contribution in [-0.4, -0.2) is 9.97 Å². The van der Waals surface area contributed by atoms with Gasteiger partial charge in [-0.2, -0.15) is 0 Å². The van der Waals surface area contributed by atoms with Crippen LogP contribution < -0.4 is 16.6 Å². The minimum Gasteiger partial charge on any atom is -0.340 e. The van der Waals surface area contributed by atoms with Crippen LogP contribution in [0.1, 0.15) is 26.6 Å². The maximum Gasteiger partial charge on any atom is 0.145 e. The maximum absolute atomic E-state index is 13.2. The molecule has 7 heteroatoms. The van der Waals surface area contributed by atoms with Gasteiger partial charge in [0.25, 0.3) is 0 Å². The molecule has 0 fully saturated rings. The number of nitrogens with zero attached hydrogens (tertiary/aromatic N) is 2. The summed E-state index contributed by atoms with van der Waals surface area (Å²) in [4.78, 5) is 8.81. The predicted octanol–water partition coefficient (Wildman–Crippen LogP) is 3.70. The largest absolute Gasteiger partial charge is 0.340 e. The first-order chi connectivity index (χ1) is 9.79. The first-order valence-electron chi connectivity index (χ1n) is 6.38. The monoisotopic (exact) mass is 353 g/mol. The fourth-order valence-corrected chi connectivity index (χ4v) is 2.02. The zero-order valence-corrected chi connectivity index (χ0v) is 13.6. The Labute approximate surface area is 131 Å². The summed E-state index contributed by atoms with van der Waals surface area (Å²) in [5.74, 6) is 6.88. The van der Waals surface area contributed by atoms with Crippen LogP contribution in [0.3, 0.4) is 0 Å². The standard InChI is InChI=1S/C14H17BrFN5/c1-14(2,3)13-19-11(7-12(20-13)21-17)18-8-4-5-10(16)9(15)6-8/h4-7H,17H2,1-3H3,(H2,18,19,20,21). The highest BCUT2D eigenvalue weighted by Gasteiger charge is 2.19. The van der Waals surface area contributed by atoms with Crippen LogP contribution in [0.15, 0.2) is 28.7 Å². The van der Waals surface area contributed by atoms with Crippen molar-refractivity contribution < 1.29 is 4.39 Å². The molecule has 2 rings (SSSR count). The SMILES string of the molecule is CC(C)(C)c1nc(NN)cc(Nc2ccc(F)c(Br)c2)n1. The summed E-state index contributed by atoms with van der Waals surface area (Å²) < 4.78 is 13.6. The first-order valence-corrected chi connectivity index (χ1v) is 7.17. The van der Waals surface area contributed by atoms with Gasteiger partial charge in [-0.25, -0.2) is 20.2 Å². The summed E-state index contributed by atoms with van der Waals surface area (Å²) in [6.07, 6.45) is 0. The Balaban J connectivity index is 2.36. The van der Waals surface area contributed by atoms with Gasteiger partial charge in [-0.05, 0) is 34.1 Å². The Hall–Kier alpha value is -1.73. The smallest absolute Gasteiger partial charge is 0.145 e. The minimum atomic E-state index is -0.317. The van der Waals surface area contributed by atoms with Crippen molar-refractivity contribution in [1.29, 1.82) is 0 Å². The molecule has 1 aromatic heterocycles. The predicted molar refractivity (Wildman–Crippen MR) is 85.9 cm³/mol. The van der Waals surface area contributed by atoms with Crippen molar-refractivity contribution in [3.63, 3.8) is 0 Å². The average molecular weight is 354 g/mol. The number of rotatable bonds is 3. The molecule has 0 aliphatic heterocycles. The van der Waals surface area contributed by atoms with Crippen molar-refractivity contribution in [3.8, 4) is 0 Å². The summed E-state index contributed by atoms with van der Waals surface area (Å²) in [6.45, 7) is 6.04. The van der Waals surface area contributed by atoms with Crippen LogP contribution in [0.25, 0.3) is 0 Å². The van der Waals surface area contributed by atoms with Crippen LogP contribution >= 0.6 is 15.9 Å². The summed E-state index contributed by atoms with van der Waals surface area (Å²) >= 11 is 3.15. The summed E-state index contributed by atoms with van der Waals surface area (Å²) in [5.41, 5.74) is 3.02. The number of nitrogens with one attached hydrogen (secondary N) is 2. The number of benzene rings is 1. The molecule has 0 aliphatic carbocycles. The molecule has 21 heavy (non-hydrogen) atoms. The van der Waals surface area contributed by atoms with Gasteiger partial charge in [-0.15, -0.1) is 0 Å². The number of hydrogen-bond donors (Lipinski definition) is 3. The highest BCUT2D eigenvalue weighted by molar-refractivity contribution is 9.10. The lowest BCUT2D eigenvalue weighted by molar-refractivity contribution is 0.547. The van der Waals surface area contributed by atoms with Gasteiger partial charge in [0.05, 0.1) is 4.47 Å². The normalized spacial score (nSPS) is 11.3. The number of anilines is 3. The first kappa shape index (κ1) is 15.7. The number of aromatic nitrogens is 2. The molecule has 0 unspecified atom stereocenters. The van der Waals surface area contributed by atoms with Gasteiger partial charge in [-0.3, -0.25) is 0 Å². The lowest BCUT2D eigenvalue weighted by Crippen LogP contribution is -2.19. The zero-order chi connectivity index (χ0) is 15.6. The fourth-order valence-electron chi connectivity index (χ4n) is 1.64. The molecule has 0 saturated carbocycles. The molecule has 0 saturated heterocycles. The van der Waals surface area contributed by atoms with Crippen LogP contribution in [0, 0.1) is 5.82 Å². The highest BCUT2D eigenvalue weighted by Crippen LogP contribution is 2.26. The highest BCUT2D eigenvalue weighted by atomic mass is 79.9. The van der Waals surface area contributed by atoms with Gasteiger partial charge < -0.3 is 10.7 Å². The topological polar surface area (TPSA) is 75.9 Å². The Morgan fingerprint density at radius 3 is 2.38 bits per heavy atom. The van der Waals surface area contributed by atoms with Gasteiger partial charge in [0.1, 0.15) is 23.3 Å². The minimum absolute atomic E-state index is 0.216. The fraction of sp³-hybridized carbons (Fsp3) is 0.286. The van der Waals surface area contributed by atoms with E-state index in [0.717, 1.165) is 0 Å². The van der Waals surface area contributed by atoms with E-state index in [1.54, 1.807) is 18.2 Å². The van der Waals surface area contributed by atoms with Gasteiger partial charge in [0.2, 0.25) is 0 Å². The van der Waals surface area contributed by atoms with E-state index in [1.165, 1.54) is 6.07 Å². The van der Waals surface area contributed by atoms with Crippen LogP contribution in [0.4, 0.5) is 21.7 Å². The van der Waals surface area contributed by atoms with E-state index in [2.05, 4.69) is 36.6 Å². The number of nitrogen functional groups attached to an aromatic ring is 1. The second-order valence-corrected chi connectivity index (χ2v) is 6.46. The van der Waals surface area contributed by atoms with Gasteiger partial charge in [0.15, 0.2) is 0 Å². The molecular formula is C14H17BrFN5. The molecule has 0 spiro atoms. The second kappa shape index (κ2) is 5.95. The van der Waals surface area contributed by atoms with Crippen molar-refractivity contribution in [2.75, 3.05) is 10.7 Å². The molecule has 0 bridgehead atoms. The van der Waals surface area contributed by atoms with E-state index in [0.29, 0.717) is 27.6 Å². The van der Waals surface area contributed by atoms with Crippen molar-refractivity contribution in [2.24, 2.45) is 5.84 Å². The lowest BCUT2D eigenvalue weighted by Gasteiger charge is -2.18. The summed E-state index contributed by atoms with van der Waals surface area (Å²) in [7, 11) is 0. The van der Waals surface area contributed by atoms with Crippen molar-refractivity contribution in [1.82, 2.24) is 9.97 Å². The van der Waals surface area contributed by atoms with Crippen molar-refractivity contribution in [3.05, 3.63) is 40.4 Å². The van der Waals surface area contributed by atoms with Gasteiger partial charge in [0, 0.05) is 17.2 Å². The van der Waals surface area contributed by atoms with E-state index in [1.807, 2.05) is 20.8 Å². The second-order valence-electron chi connectivity index (χ2n) is 5.61. The molecule has 0 amide bonds. The molecular weight excluding hydrogens is 337 g/mol. The van der Waals surface area contributed by atoms with Crippen LogP contribution in [0.5, 0.6) is 0 Å². The third-order valence-electron chi connectivity index (χ3n) is 2.74.